The molecule has 31 heterocycles. The Kier molecular flexibility index (Phi) is 27.4. The Hall–Kier alpha value is -1.80. The highest BCUT2D eigenvalue weighted by molar-refractivity contribution is 5.03. The van der Waals surface area contributed by atoms with Gasteiger partial charge in [-0.3, -0.25) is 0 Å². The van der Waals surface area contributed by atoms with Crippen molar-refractivity contribution in [3.8, 4) is 0 Å². The molecule has 31 rings (SSSR count). The number of hydrogen-bond acceptors (Lipinski definition) is 45. The summed E-state index contributed by atoms with van der Waals surface area (Å²) in [4.78, 5) is 0. The maximum atomic E-state index is 11.9. The minimum Gasteiger partial charge on any atom is -0.394 e. The van der Waals surface area contributed by atoms with Gasteiger partial charge in [0.25, 0.3) is 0 Å². The first kappa shape index (κ1) is 79.8. The highest BCUT2D eigenvalue weighted by Crippen LogP contribution is 2.40. The molecule has 0 radical (unpaired) electrons. The third-order valence-corrected chi connectivity index (χ3v) is 19.0. The molecule has 0 aromatic carbocycles. The molecule has 0 unspecified atom stereocenters. The summed E-state index contributed by atoms with van der Waals surface area (Å²) in [6.45, 7) is -9.86. The Morgan fingerprint density at radius 1 is 0.162 bits per heavy atom. The van der Waals surface area contributed by atoms with Crippen LogP contribution in [-0.4, -0.2) is 474 Å². The molecule has 0 aliphatic carbocycles. The van der Waals surface area contributed by atoms with E-state index in [1.807, 2.05) is 0 Å². The summed E-state index contributed by atoms with van der Waals surface area (Å²) in [7, 11) is 0. The van der Waals surface area contributed by atoms with Crippen LogP contribution in [0, 0.1) is 0 Å². The second kappa shape index (κ2) is 34.0. The molecule has 0 saturated carbocycles. The highest BCUT2D eigenvalue weighted by Gasteiger charge is 2.61. The molecule has 31 saturated heterocycles. The van der Waals surface area contributed by atoms with E-state index in [2.05, 4.69) is 0 Å². The van der Waals surface area contributed by atoms with Crippen molar-refractivity contribution in [3.63, 3.8) is 0 Å². The van der Waals surface area contributed by atoms with Crippen LogP contribution in [0.25, 0.3) is 0 Å². The number of rotatable bonds is 11. The molecule has 0 aromatic heterocycles. The SMILES string of the molecule is OC[C@H]1O[C@H](OC[C@H]2O[C@@H]3O[C@H]4[C@H](O)[C@@H](O)[C@@H](O[C@H]5[C@H](O)[C@@H](O)[C@@H](O[C@H]6[C@H](O)[C@@H](O)[C@@H](O[C@H]7[C@H](O)[C@@H](O)[C@@H](O[C@H]8[C@H](O)[C@@H](O)[C@@H](O[C@H]9[C@H](O)[C@@H](O)[C@@H](O[C@H]%10[C@H](O)[C@@H](O)[C@@H](O[C@H]2[C@H](O)[C@H]3O)O[C@@H]%10CO)O[C@@H]9CO)O[C@@H]8CO)O[C@@H]7CO)O[C@@H]6CO)O[C@@H]5CO)O[C@@H]4CO)[C@H](O)[C@@H](O)[C@H]1O. The summed E-state index contributed by atoms with van der Waals surface area (Å²) in [5.41, 5.74) is 0. The number of hydrogen-bond donors (Lipinski definition) is 27. The average molecular weight is 1460 g/mol. The van der Waals surface area contributed by atoms with Gasteiger partial charge in [0.1, 0.15) is 220 Å². The predicted octanol–water partition coefficient (Wildman–Crippen LogP) is -19.6. The lowest BCUT2D eigenvalue weighted by Crippen LogP contribution is -2.69. The van der Waals surface area contributed by atoms with Gasteiger partial charge in [-0.25, -0.2) is 0 Å². The van der Waals surface area contributed by atoms with Gasteiger partial charge in [0.15, 0.2) is 56.6 Å². The van der Waals surface area contributed by atoms with Gasteiger partial charge in [0.2, 0.25) is 0 Å². The van der Waals surface area contributed by atoms with E-state index in [1.165, 1.54) is 0 Å². The van der Waals surface area contributed by atoms with E-state index in [0.717, 1.165) is 0 Å². The van der Waals surface area contributed by atoms with E-state index in [9.17, 15) is 138 Å². The van der Waals surface area contributed by atoms with Crippen LogP contribution in [0.1, 0.15) is 0 Å². The lowest BCUT2D eigenvalue weighted by atomic mass is 9.94. The van der Waals surface area contributed by atoms with Crippen LogP contribution in [-0.2, 0) is 85.3 Å². The van der Waals surface area contributed by atoms with E-state index in [4.69, 9.17) is 85.3 Å². The normalized spacial score (nSPS) is 55.2. The largest absolute Gasteiger partial charge is 0.394 e. The zero-order chi connectivity index (χ0) is 72.1. The Bertz CT molecular complexity index is 2450. The summed E-state index contributed by atoms with van der Waals surface area (Å²) < 4.78 is 103. The molecular formula is C54H90O45. The molecule has 31 fully saturated rings. The minimum absolute atomic E-state index is 0.941. The molecule has 576 valence electrons. The zero-order valence-corrected chi connectivity index (χ0v) is 51.8. The first-order valence-electron chi connectivity index (χ1n) is 31.6. The Labute approximate surface area is 558 Å². The van der Waals surface area contributed by atoms with E-state index in [-0.39, 0.29) is 0 Å². The van der Waals surface area contributed by atoms with Crippen molar-refractivity contribution in [2.75, 3.05) is 59.5 Å². The Morgan fingerprint density at radius 3 is 0.515 bits per heavy atom. The molecule has 0 spiro atoms. The van der Waals surface area contributed by atoms with Crippen molar-refractivity contribution in [2.45, 2.75) is 276 Å². The molecular weight excluding hydrogens is 1370 g/mol. The van der Waals surface area contributed by atoms with Crippen molar-refractivity contribution in [1.29, 1.82) is 0 Å². The second-order valence-electron chi connectivity index (χ2n) is 25.3. The van der Waals surface area contributed by atoms with Crippen LogP contribution < -0.4 is 0 Å². The van der Waals surface area contributed by atoms with Gasteiger partial charge in [0, 0.05) is 0 Å². The zero-order valence-electron chi connectivity index (χ0n) is 51.8. The maximum Gasteiger partial charge on any atom is 0.187 e. The molecule has 0 aromatic rings. The van der Waals surface area contributed by atoms with Gasteiger partial charge in [0.05, 0.1) is 59.5 Å². The first-order valence-corrected chi connectivity index (χ1v) is 31.6. The topological polar surface area (TPSA) is 712 Å². The van der Waals surface area contributed by atoms with Crippen molar-refractivity contribution >= 4 is 0 Å². The molecule has 31 aliphatic heterocycles. The van der Waals surface area contributed by atoms with Crippen molar-refractivity contribution in [1.82, 2.24) is 0 Å². The number of ether oxygens (including phenoxy) is 18. The van der Waals surface area contributed by atoms with Crippen molar-refractivity contribution < 1.29 is 223 Å². The summed E-state index contributed by atoms with van der Waals surface area (Å²) in [5.74, 6) is 0. The summed E-state index contributed by atoms with van der Waals surface area (Å²) >= 11 is 0. The van der Waals surface area contributed by atoms with Gasteiger partial charge >= 0.3 is 0 Å². The third-order valence-electron chi connectivity index (χ3n) is 19.0. The van der Waals surface area contributed by atoms with E-state index >= 15 is 0 Å². The van der Waals surface area contributed by atoms with Crippen molar-refractivity contribution in [2.24, 2.45) is 0 Å². The molecule has 45 atom stereocenters. The summed E-state index contributed by atoms with van der Waals surface area (Å²) in [6.07, 6.45) is -94.5. The van der Waals surface area contributed by atoms with Crippen LogP contribution >= 0.6 is 0 Å². The standard InChI is InChI=1S/C54H90O45/c55-1-10-19(63)20(64)29(73)46(83-10)82-9-18-45-28(72)37(81)54(91-18)98-44-17(8-62)89-52(35(79)26(44)70)96-42-15(6-60)87-50(33(77)24(42)68)94-40-13(4-58)85-48(31(75)22(40)66)92-38-11(2-56)84-47(30(74)21(38)65)93-39-12(3-57)86-49(32(76)23(39)67)95-41-14(5-59)88-51(34(78)25(41)69)97-43-16(7-61)90-53(99-45)36(80)27(43)71/h10-81H,1-9H2/t10-,11-,12-,13-,14-,15-,16-,17-,18-,19+,20+,21-,22-,23-,24-,25-,26-,27-,28-,29-,30-,31-,32-,33-,34-,35-,36-,37-,38-,39-,40-,41-,42-,43-,44-,45-,46+,47-,48-,49-,50-,51-,52-,53-,54-/m1/s1. The fraction of sp³-hybridized carbons (Fsp3) is 1.00. The van der Waals surface area contributed by atoms with Crippen LogP contribution in [0.4, 0.5) is 0 Å². The monoisotopic (exact) mass is 1460 g/mol. The minimum atomic E-state index is -2.40. The lowest BCUT2D eigenvalue weighted by molar-refractivity contribution is -0.405. The second-order valence-corrected chi connectivity index (χ2v) is 25.3. The maximum absolute atomic E-state index is 11.9. The van der Waals surface area contributed by atoms with Crippen LogP contribution in [0.3, 0.4) is 0 Å². The van der Waals surface area contributed by atoms with Crippen LogP contribution in [0.2, 0.25) is 0 Å². The van der Waals surface area contributed by atoms with Gasteiger partial charge in [-0.1, -0.05) is 0 Å². The van der Waals surface area contributed by atoms with Crippen LogP contribution in [0.15, 0.2) is 0 Å². The molecule has 0 amide bonds. The molecule has 16 bridgehead atoms. The molecule has 27 N–H and O–H groups in total. The smallest absolute Gasteiger partial charge is 0.187 e. The molecule has 45 nitrogen and oxygen atoms in total. The van der Waals surface area contributed by atoms with Crippen LogP contribution in [0.5, 0.6) is 0 Å². The highest BCUT2D eigenvalue weighted by atomic mass is 16.8. The summed E-state index contributed by atoms with van der Waals surface area (Å²) in [6, 6.07) is 0. The molecule has 45 heteroatoms. The van der Waals surface area contributed by atoms with E-state index in [1.54, 1.807) is 0 Å². The van der Waals surface area contributed by atoms with Gasteiger partial charge < -0.3 is 223 Å². The molecule has 31 aliphatic rings. The third kappa shape index (κ3) is 16.0. The average Bonchev–Trinajstić information content (AvgIpc) is 0.777. The number of aliphatic hydroxyl groups is 27. The Balaban J connectivity index is 0.934. The van der Waals surface area contributed by atoms with Gasteiger partial charge in [-0.15, -0.1) is 0 Å². The molecule has 99 heavy (non-hydrogen) atoms. The Morgan fingerprint density at radius 2 is 0.333 bits per heavy atom. The van der Waals surface area contributed by atoms with Gasteiger partial charge in [-0.05, 0) is 0 Å². The first-order chi connectivity index (χ1) is 47.1. The quantitative estimate of drug-likeness (QED) is 0.0913. The lowest BCUT2D eigenvalue weighted by Gasteiger charge is -2.50. The fourth-order valence-corrected chi connectivity index (χ4v) is 13.3. The number of aliphatic hydroxyl groups excluding tert-OH is 27. The van der Waals surface area contributed by atoms with E-state index < -0.39 is 336 Å². The van der Waals surface area contributed by atoms with Gasteiger partial charge in [-0.2, -0.15) is 0 Å². The summed E-state index contributed by atoms with van der Waals surface area (Å²) in [5, 5.41) is 300. The van der Waals surface area contributed by atoms with Crippen molar-refractivity contribution in [3.05, 3.63) is 0 Å². The predicted molar refractivity (Wildman–Crippen MR) is 294 cm³/mol. The van der Waals surface area contributed by atoms with E-state index in [0.29, 0.717) is 0 Å². The fourth-order valence-electron chi connectivity index (χ4n) is 13.3.